The third-order valence-corrected chi connectivity index (χ3v) is 3.37. The molecule has 0 saturated carbocycles. The summed E-state index contributed by atoms with van der Waals surface area (Å²) >= 11 is 5.07. The first-order chi connectivity index (χ1) is 9.77. The normalized spacial score (nSPS) is 11.7. The van der Waals surface area contributed by atoms with E-state index in [1.165, 1.54) is 0 Å². The fourth-order valence-electron chi connectivity index (χ4n) is 2.34. The molecule has 0 bridgehead atoms. The molecule has 0 aliphatic rings. The van der Waals surface area contributed by atoms with Gasteiger partial charge in [0.05, 0.1) is 36.8 Å². The van der Waals surface area contributed by atoms with Gasteiger partial charge in [0.2, 0.25) is 0 Å². The maximum Gasteiger partial charge on any atom is 0.163 e. The molecule has 0 fully saturated rings. The van der Waals surface area contributed by atoms with Crippen LogP contribution in [0.1, 0.15) is 26.6 Å². The fourth-order valence-corrected chi connectivity index (χ4v) is 2.47. The number of ether oxygens (including phenoxy) is 2. The average Bonchev–Trinajstić information content (AvgIpc) is 2.74. The highest BCUT2D eigenvalue weighted by Crippen LogP contribution is 2.34. The third kappa shape index (κ3) is 2.95. The minimum atomic E-state index is -0.121. The van der Waals surface area contributed by atoms with E-state index in [1.807, 2.05) is 16.7 Å². The lowest BCUT2D eigenvalue weighted by Crippen LogP contribution is -2.24. The Hall–Kier alpha value is -1.82. The van der Waals surface area contributed by atoms with Crippen LogP contribution in [0.5, 0.6) is 11.5 Å². The summed E-state index contributed by atoms with van der Waals surface area (Å²) in [6.45, 7) is 6.78. The van der Waals surface area contributed by atoms with Crippen molar-refractivity contribution in [2.45, 2.75) is 32.7 Å². The van der Waals surface area contributed by atoms with E-state index in [-0.39, 0.29) is 5.41 Å². The van der Waals surface area contributed by atoms with Gasteiger partial charge >= 0.3 is 0 Å². The number of methoxy groups -OCH3 is 2. The van der Waals surface area contributed by atoms with Crippen molar-refractivity contribution in [3.63, 3.8) is 0 Å². The number of benzene rings is 1. The van der Waals surface area contributed by atoms with Gasteiger partial charge in [0.15, 0.2) is 11.5 Å². The predicted molar refractivity (Wildman–Crippen MR) is 88.3 cm³/mol. The molecule has 114 valence electrons. The lowest BCUT2D eigenvalue weighted by atomic mass is 9.95. The minimum absolute atomic E-state index is 0.121. The smallest absolute Gasteiger partial charge is 0.163 e. The van der Waals surface area contributed by atoms with E-state index in [0.29, 0.717) is 23.0 Å². The van der Waals surface area contributed by atoms with Gasteiger partial charge in [-0.3, -0.25) is 0 Å². The van der Waals surface area contributed by atoms with Gasteiger partial charge in [-0.25, -0.2) is 4.98 Å². The minimum Gasteiger partial charge on any atom is -0.493 e. The molecule has 0 radical (unpaired) electrons. The summed E-state index contributed by atoms with van der Waals surface area (Å²) < 4.78 is 12.7. The quantitative estimate of drug-likeness (QED) is 0.880. The first-order valence-corrected chi connectivity index (χ1v) is 7.09. The van der Waals surface area contributed by atoms with Crippen LogP contribution in [0.2, 0.25) is 0 Å². The highest BCUT2D eigenvalue weighted by molar-refractivity contribution is 7.80. The Labute approximate surface area is 130 Å². The zero-order valence-electron chi connectivity index (χ0n) is 13.1. The Morgan fingerprint density at radius 2 is 1.81 bits per heavy atom. The van der Waals surface area contributed by atoms with Crippen LogP contribution in [0.25, 0.3) is 11.0 Å². The Bertz CT molecular complexity index is 686. The molecule has 2 aromatic rings. The average molecular weight is 307 g/mol. The Morgan fingerprint density at radius 1 is 1.24 bits per heavy atom. The lowest BCUT2D eigenvalue weighted by Gasteiger charge is -2.20. The predicted octanol–water partition coefficient (Wildman–Crippen LogP) is 2.64. The van der Waals surface area contributed by atoms with E-state index in [0.717, 1.165) is 16.9 Å². The van der Waals surface area contributed by atoms with E-state index in [9.17, 15) is 0 Å². The summed E-state index contributed by atoms with van der Waals surface area (Å²) in [6.07, 6.45) is 0. The highest BCUT2D eigenvalue weighted by Gasteiger charge is 2.24. The standard InChI is InChI=1S/C15H21N3O2S/c1-15(2,3)14-17-9-6-11(19-4)12(20-5)7-10(9)18(14)8-13(16)21/h6-7H,8H2,1-5H3,(H2,16,21). The summed E-state index contributed by atoms with van der Waals surface area (Å²) in [5, 5.41) is 0. The third-order valence-electron chi connectivity index (χ3n) is 3.24. The van der Waals surface area contributed by atoms with E-state index >= 15 is 0 Å². The summed E-state index contributed by atoms with van der Waals surface area (Å²) in [5.74, 6) is 2.25. The number of imidazole rings is 1. The molecule has 1 aromatic heterocycles. The Balaban J connectivity index is 2.77. The number of nitrogens with zero attached hydrogens (tertiary/aromatic N) is 2. The van der Waals surface area contributed by atoms with Crippen molar-refractivity contribution in [1.29, 1.82) is 0 Å². The van der Waals surface area contributed by atoms with Crippen LogP contribution in [0.4, 0.5) is 0 Å². The number of fused-ring (bicyclic) bond motifs is 1. The second-order valence-corrected chi connectivity index (χ2v) is 6.46. The maximum absolute atomic E-state index is 5.74. The number of hydrogen-bond acceptors (Lipinski definition) is 4. The number of rotatable bonds is 4. The topological polar surface area (TPSA) is 62.3 Å². The zero-order valence-corrected chi connectivity index (χ0v) is 13.9. The van der Waals surface area contributed by atoms with Crippen molar-refractivity contribution in [1.82, 2.24) is 9.55 Å². The molecule has 1 aromatic carbocycles. The molecule has 5 nitrogen and oxygen atoms in total. The van der Waals surface area contributed by atoms with Gasteiger partial charge < -0.3 is 19.8 Å². The number of nitrogens with two attached hydrogens (primary N) is 1. The molecule has 0 aliphatic carbocycles. The Morgan fingerprint density at radius 3 is 2.29 bits per heavy atom. The van der Waals surface area contributed by atoms with Crippen molar-refractivity contribution >= 4 is 28.2 Å². The summed E-state index contributed by atoms with van der Waals surface area (Å²) in [7, 11) is 3.23. The molecular formula is C15H21N3O2S. The van der Waals surface area contributed by atoms with Crippen molar-refractivity contribution < 1.29 is 9.47 Å². The van der Waals surface area contributed by atoms with Gasteiger partial charge in [0.1, 0.15) is 5.82 Å². The largest absolute Gasteiger partial charge is 0.493 e. The lowest BCUT2D eigenvalue weighted by molar-refractivity contribution is 0.355. The molecule has 0 saturated heterocycles. The van der Waals surface area contributed by atoms with Crippen molar-refractivity contribution in [3.8, 4) is 11.5 Å². The molecule has 0 atom stereocenters. The molecule has 0 amide bonds. The summed E-state index contributed by atoms with van der Waals surface area (Å²) in [5.41, 5.74) is 7.40. The first kappa shape index (κ1) is 15.6. The van der Waals surface area contributed by atoms with Crippen LogP contribution in [0, 0.1) is 0 Å². The SMILES string of the molecule is COc1cc2nc(C(C)(C)C)n(CC(N)=S)c2cc1OC. The Kier molecular flexibility index (Phi) is 4.09. The number of thiocarbonyl (C=S) groups is 1. The van der Waals surface area contributed by atoms with Gasteiger partial charge in [0.25, 0.3) is 0 Å². The van der Waals surface area contributed by atoms with E-state index in [1.54, 1.807) is 14.2 Å². The van der Waals surface area contributed by atoms with Gasteiger partial charge in [-0.1, -0.05) is 33.0 Å². The van der Waals surface area contributed by atoms with Crippen LogP contribution in [-0.2, 0) is 12.0 Å². The number of aromatic nitrogens is 2. The van der Waals surface area contributed by atoms with Crippen molar-refractivity contribution in [3.05, 3.63) is 18.0 Å². The molecule has 6 heteroatoms. The summed E-state index contributed by atoms with van der Waals surface area (Å²) in [6, 6.07) is 3.79. The number of hydrogen-bond donors (Lipinski definition) is 1. The molecule has 2 N–H and O–H groups in total. The van der Waals surface area contributed by atoms with Crippen LogP contribution in [0.3, 0.4) is 0 Å². The van der Waals surface area contributed by atoms with Crippen molar-refractivity contribution in [2.75, 3.05) is 14.2 Å². The fraction of sp³-hybridized carbons (Fsp3) is 0.467. The van der Waals surface area contributed by atoms with Gasteiger partial charge in [-0.15, -0.1) is 0 Å². The van der Waals surface area contributed by atoms with Gasteiger partial charge in [0, 0.05) is 17.5 Å². The van der Waals surface area contributed by atoms with E-state index in [2.05, 4.69) is 20.8 Å². The second-order valence-electron chi connectivity index (χ2n) is 5.93. The molecule has 1 heterocycles. The molecule has 21 heavy (non-hydrogen) atoms. The van der Waals surface area contributed by atoms with Crippen LogP contribution < -0.4 is 15.2 Å². The molecule has 0 aliphatic heterocycles. The van der Waals surface area contributed by atoms with Crippen molar-refractivity contribution in [2.24, 2.45) is 5.73 Å². The first-order valence-electron chi connectivity index (χ1n) is 6.69. The highest BCUT2D eigenvalue weighted by atomic mass is 32.1. The molecule has 0 spiro atoms. The zero-order chi connectivity index (χ0) is 15.8. The molecule has 0 unspecified atom stereocenters. The van der Waals surface area contributed by atoms with Crippen LogP contribution >= 0.6 is 12.2 Å². The van der Waals surface area contributed by atoms with Crippen LogP contribution in [-0.4, -0.2) is 28.8 Å². The molecule has 2 rings (SSSR count). The van der Waals surface area contributed by atoms with Gasteiger partial charge in [-0.05, 0) is 0 Å². The van der Waals surface area contributed by atoms with E-state index < -0.39 is 0 Å². The molecular weight excluding hydrogens is 286 g/mol. The van der Waals surface area contributed by atoms with E-state index in [4.69, 9.17) is 32.4 Å². The summed E-state index contributed by atoms with van der Waals surface area (Å²) in [4.78, 5) is 5.16. The monoisotopic (exact) mass is 307 g/mol. The maximum atomic E-state index is 5.74. The van der Waals surface area contributed by atoms with Gasteiger partial charge in [-0.2, -0.15) is 0 Å². The van der Waals surface area contributed by atoms with Crippen LogP contribution in [0.15, 0.2) is 12.1 Å². The second kappa shape index (κ2) is 5.52.